The van der Waals surface area contributed by atoms with E-state index in [4.69, 9.17) is 4.52 Å². The minimum Gasteiger partial charge on any atom is -0.386 e. The number of nitrogens with one attached hydrogen (secondary N) is 1. The molecule has 1 amide bonds. The van der Waals surface area contributed by atoms with Gasteiger partial charge in [-0.2, -0.15) is 0 Å². The summed E-state index contributed by atoms with van der Waals surface area (Å²) in [5, 5.41) is 17.8. The average molecular weight is 359 g/mol. The van der Waals surface area contributed by atoms with Crippen molar-refractivity contribution in [3.05, 3.63) is 35.6 Å². The van der Waals surface area contributed by atoms with Crippen LogP contribution >= 0.6 is 0 Å². The zero-order valence-corrected chi connectivity index (χ0v) is 15.4. The van der Waals surface area contributed by atoms with Crippen molar-refractivity contribution in [2.45, 2.75) is 45.1 Å². The van der Waals surface area contributed by atoms with E-state index in [0.29, 0.717) is 30.0 Å². The molecule has 0 aromatic carbocycles. The number of piperidine rings is 1. The van der Waals surface area contributed by atoms with Crippen molar-refractivity contribution in [1.82, 2.24) is 20.4 Å². The van der Waals surface area contributed by atoms with Gasteiger partial charge in [0.2, 0.25) is 0 Å². The Kier molecular flexibility index (Phi) is 5.22. The van der Waals surface area contributed by atoms with Gasteiger partial charge in [0.15, 0.2) is 0 Å². The molecule has 26 heavy (non-hydrogen) atoms. The Labute approximate surface area is 152 Å². The summed E-state index contributed by atoms with van der Waals surface area (Å²) in [5.74, 6) is 1.03. The van der Waals surface area contributed by atoms with Gasteiger partial charge < -0.3 is 19.8 Å². The number of aryl methyl sites for hydroxylation is 1. The number of β-amino-alcohol motifs (C(OH)–C–C–N with tert-alkyl or cyclic N) is 1. The Morgan fingerprint density at radius 3 is 2.96 bits per heavy atom. The van der Waals surface area contributed by atoms with Crippen molar-refractivity contribution in [3.8, 4) is 0 Å². The lowest BCUT2D eigenvalue weighted by molar-refractivity contribution is 0.0254. The molecule has 1 atom stereocenters. The summed E-state index contributed by atoms with van der Waals surface area (Å²) in [4.78, 5) is 23.0. The molecular formula is C18H25N5O3. The summed E-state index contributed by atoms with van der Waals surface area (Å²) >= 11 is 0. The number of amides is 1. The smallest absolute Gasteiger partial charge is 0.256 e. The van der Waals surface area contributed by atoms with Crippen molar-refractivity contribution >= 4 is 11.7 Å². The fourth-order valence-electron chi connectivity index (χ4n) is 3.30. The van der Waals surface area contributed by atoms with Crippen molar-refractivity contribution in [2.75, 3.05) is 24.5 Å². The minimum absolute atomic E-state index is 0.0816. The first kappa shape index (κ1) is 18.3. The van der Waals surface area contributed by atoms with Crippen LogP contribution in [0.3, 0.4) is 0 Å². The molecule has 1 fully saturated rings. The van der Waals surface area contributed by atoms with Gasteiger partial charge in [-0.15, -0.1) is 0 Å². The topological polar surface area (TPSA) is 104 Å². The predicted octanol–water partition coefficient (Wildman–Crippen LogP) is 1.66. The van der Waals surface area contributed by atoms with E-state index in [1.165, 1.54) is 0 Å². The van der Waals surface area contributed by atoms with Crippen LogP contribution in [-0.4, -0.2) is 51.4 Å². The molecule has 140 valence electrons. The summed E-state index contributed by atoms with van der Waals surface area (Å²) < 4.78 is 5.17. The summed E-state index contributed by atoms with van der Waals surface area (Å²) in [5.41, 5.74) is 0.0797. The lowest BCUT2D eigenvalue weighted by atomic mass is 9.92. The van der Waals surface area contributed by atoms with Gasteiger partial charge in [0, 0.05) is 32.0 Å². The number of aromatic nitrogens is 3. The average Bonchev–Trinajstić information content (AvgIpc) is 3.02. The number of nitrogens with zero attached hydrogens (tertiary/aromatic N) is 4. The molecular weight excluding hydrogens is 334 g/mol. The lowest BCUT2D eigenvalue weighted by Gasteiger charge is -2.39. The highest BCUT2D eigenvalue weighted by atomic mass is 16.5. The first-order chi connectivity index (χ1) is 12.4. The molecule has 1 aliphatic heterocycles. The Bertz CT molecular complexity index is 761. The highest BCUT2D eigenvalue weighted by Crippen LogP contribution is 2.25. The monoisotopic (exact) mass is 359 g/mol. The maximum Gasteiger partial charge on any atom is 0.256 e. The van der Waals surface area contributed by atoms with Gasteiger partial charge in [0.05, 0.1) is 17.5 Å². The third kappa shape index (κ3) is 3.85. The van der Waals surface area contributed by atoms with Crippen LogP contribution in [0.2, 0.25) is 0 Å². The third-order valence-electron chi connectivity index (χ3n) is 4.67. The number of rotatable bonds is 5. The van der Waals surface area contributed by atoms with Crippen LogP contribution in [0.4, 0.5) is 5.82 Å². The van der Waals surface area contributed by atoms with E-state index in [1.807, 2.05) is 18.7 Å². The van der Waals surface area contributed by atoms with Crippen LogP contribution in [0.15, 0.2) is 23.1 Å². The molecule has 2 aromatic heterocycles. The second-order valence-corrected chi connectivity index (χ2v) is 7.15. The minimum atomic E-state index is -1.02. The molecule has 3 heterocycles. The molecule has 2 aromatic rings. The fraction of sp³-hybridized carbons (Fsp3) is 0.556. The van der Waals surface area contributed by atoms with Gasteiger partial charge in [-0.25, -0.2) is 4.98 Å². The quantitative estimate of drug-likeness (QED) is 0.836. The van der Waals surface area contributed by atoms with E-state index in [-0.39, 0.29) is 18.4 Å². The second-order valence-electron chi connectivity index (χ2n) is 7.15. The molecule has 3 rings (SSSR count). The molecule has 0 bridgehead atoms. The third-order valence-corrected chi connectivity index (χ3v) is 4.67. The molecule has 0 saturated carbocycles. The van der Waals surface area contributed by atoms with Gasteiger partial charge in [0.1, 0.15) is 17.1 Å². The highest BCUT2D eigenvalue weighted by Gasteiger charge is 2.35. The molecule has 1 saturated heterocycles. The van der Waals surface area contributed by atoms with Gasteiger partial charge in [-0.05, 0) is 25.7 Å². The van der Waals surface area contributed by atoms with Crippen molar-refractivity contribution in [1.29, 1.82) is 0 Å². The Hall–Kier alpha value is -2.48. The van der Waals surface area contributed by atoms with Crippen molar-refractivity contribution < 1.29 is 14.4 Å². The Balaban J connectivity index is 1.67. The molecule has 0 aliphatic carbocycles. The van der Waals surface area contributed by atoms with E-state index < -0.39 is 5.60 Å². The normalized spacial score (nSPS) is 20.4. The van der Waals surface area contributed by atoms with Crippen LogP contribution in [-0.2, 0) is 0 Å². The van der Waals surface area contributed by atoms with Crippen LogP contribution in [0, 0.1) is 6.92 Å². The molecule has 0 spiro atoms. The summed E-state index contributed by atoms with van der Waals surface area (Å²) in [6, 6.07) is 0. The van der Waals surface area contributed by atoms with E-state index in [2.05, 4.69) is 20.4 Å². The van der Waals surface area contributed by atoms with Gasteiger partial charge in [-0.1, -0.05) is 19.0 Å². The summed E-state index contributed by atoms with van der Waals surface area (Å²) in [6.45, 7) is 7.00. The van der Waals surface area contributed by atoms with Crippen molar-refractivity contribution in [2.24, 2.45) is 0 Å². The van der Waals surface area contributed by atoms with Crippen molar-refractivity contribution in [3.63, 3.8) is 0 Å². The first-order valence-corrected chi connectivity index (χ1v) is 8.87. The molecule has 0 unspecified atom stereocenters. The van der Waals surface area contributed by atoms with Crippen LogP contribution in [0.1, 0.15) is 54.4 Å². The number of hydrogen-bond donors (Lipinski definition) is 2. The first-order valence-electron chi connectivity index (χ1n) is 8.87. The molecule has 8 heteroatoms. The van der Waals surface area contributed by atoms with E-state index in [0.717, 1.165) is 18.8 Å². The molecule has 2 N–H and O–H groups in total. The van der Waals surface area contributed by atoms with Crippen LogP contribution in [0.25, 0.3) is 0 Å². The van der Waals surface area contributed by atoms with Gasteiger partial charge >= 0.3 is 0 Å². The van der Waals surface area contributed by atoms with E-state index >= 15 is 0 Å². The lowest BCUT2D eigenvalue weighted by Crippen LogP contribution is -2.54. The van der Waals surface area contributed by atoms with E-state index in [1.54, 1.807) is 25.5 Å². The van der Waals surface area contributed by atoms with Gasteiger partial charge in [-0.3, -0.25) is 9.78 Å². The summed E-state index contributed by atoms with van der Waals surface area (Å²) in [6.07, 6.45) is 6.36. The van der Waals surface area contributed by atoms with Crippen LogP contribution < -0.4 is 10.2 Å². The number of aliphatic hydroxyl groups is 1. The number of anilines is 1. The molecule has 8 nitrogen and oxygen atoms in total. The second kappa shape index (κ2) is 7.41. The molecule has 0 radical (unpaired) electrons. The largest absolute Gasteiger partial charge is 0.386 e. The maximum atomic E-state index is 12.6. The fourth-order valence-corrected chi connectivity index (χ4v) is 3.30. The Morgan fingerprint density at radius 1 is 1.46 bits per heavy atom. The van der Waals surface area contributed by atoms with Gasteiger partial charge in [0.25, 0.3) is 5.91 Å². The Morgan fingerprint density at radius 2 is 2.27 bits per heavy atom. The van der Waals surface area contributed by atoms with E-state index in [9.17, 15) is 9.90 Å². The number of hydrogen-bond acceptors (Lipinski definition) is 7. The number of carbonyl (C=O) groups is 1. The summed E-state index contributed by atoms with van der Waals surface area (Å²) in [7, 11) is 0. The predicted molar refractivity (Wildman–Crippen MR) is 96.1 cm³/mol. The molecule has 1 aliphatic rings. The highest BCUT2D eigenvalue weighted by molar-refractivity contribution is 5.96. The zero-order chi connectivity index (χ0) is 18.7. The maximum absolute atomic E-state index is 12.6. The van der Waals surface area contributed by atoms with Crippen LogP contribution in [0.5, 0.6) is 0 Å². The SMILES string of the molecule is Cc1onc(C(C)C)c1C(=O)NC[C@@]1(O)CCCN(c2cnccn2)C1. The zero-order valence-electron chi connectivity index (χ0n) is 15.4. The number of carbonyl (C=O) groups excluding carboxylic acids is 1. The standard InChI is InChI=1S/C18H25N5O3/c1-12(2)16-15(13(3)26-22-16)17(24)21-10-18(25)5-4-8-23(11-18)14-9-19-6-7-20-14/h6-7,9,12,25H,4-5,8,10-11H2,1-3H3,(H,21,24)/t18-/m0/s1.